The minimum atomic E-state index is -4.54. The molecule has 0 saturated carbocycles. The highest BCUT2D eigenvalue weighted by molar-refractivity contribution is 7.90. The third-order valence-corrected chi connectivity index (χ3v) is 5.86. The molecule has 10 heteroatoms. The quantitative estimate of drug-likeness (QED) is 0.589. The van der Waals surface area contributed by atoms with Gasteiger partial charge in [-0.15, -0.1) is 0 Å². The summed E-state index contributed by atoms with van der Waals surface area (Å²) in [4.78, 5) is 15.5. The van der Waals surface area contributed by atoms with Gasteiger partial charge in [-0.3, -0.25) is 0 Å². The zero-order valence-electron chi connectivity index (χ0n) is 15.4. The molecule has 0 saturated heterocycles. The van der Waals surface area contributed by atoms with Gasteiger partial charge in [0.25, 0.3) is 10.0 Å². The van der Waals surface area contributed by atoms with Gasteiger partial charge in [0.2, 0.25) is 0 Å². The van der Waals surface area contributed by atoms with Crippen LogP contribution in [0.5, 0.6) is 0 Å². The molecule has 7 nitrogen and oxygen atoms in total. The van der Waals surface area contributed by atoms with Crippen LogP contribution in [0.3, 0.4) is 0 Å². The average molecular weight is 419 g/mol. The molecule has 3 rings (SSSR count). The highest BCUT2D eigenvalue weighted by atomic mass is 32.2. The van der Waals surface area contributed by atoms with Crippen molar-refractivity contribution in [2.24, 2.45) is 0 Å². The number of hydrogen-bond donors (Lipinski definition) is 0. The van der Waals surface area contributed by atoms with Crippen LogP contribution in [0.4, 0.5) is 8.78 Å². The molecule has 1 aromatic carbocycles. The standard InChI is InChI=1S/C19H15F2N3O4S/c1-3-28-18(25)19(20,21)16-9-14-8-13(10-22)11-23-17(14)24(16)29(26,27)15-6-4-12(2)5-7-15/h4-9,11H,3H2,1-2H3. The zero-order chi connectivity index (χ0) is 21.4. The second-order valence-electron chi connectivity index (χ2n) is 6.16. The summed E-state index contributed by atoms with van der Waals surface area (Å²) < 4.78 is 60.9. The molecule has 0 aliphatic carbocycles. The molecular weight excluding hydrogens is 404 g/mol. The van der Waals surface area contributed by atoms with E-state index in [9.17, 15) is 22.0 Å². The maximum absolute atomic E-state index is 14.9. The van der Waals surface area contributed by atoms with Crippen molar-refractivity contribution in [2.45, 2.75) is 24.7 Å². The van der Waals surface area contributed by atoms with Crippen molar-refractivity contribution >= 4 is 27.0 Å². The molecule has 0 bridgehead atoms. The van der Waals surface area contributed by atoms with Crippen molar-refractivity contribution in [3.8, 4) is 6.07 Å². The van der Waals surface area contributed by atoms with Crippen LogP contribution >= 0.6 is 0 Å². The summed E-state index contributed by atoms with van der Waals surface area (Å²) in [6.07, 6.45) is 1.07. The first kappa shape index (κ1) is 20.4. The number of hydrogen-bond acceptors (Lipinski definition) is 6. The minimum Gasteiger partial charge on any atom is -0.461 e. The topological polar surface area (TPSA) is 102 Å². The number of carbonyl (C=O) groups is 1. The first-order valence-electron chi connectivity index (χ1n) is 8.42. The van der Waals surface area contributed by atoms with Crippen molar-refractivity contribution in [1.29, 1.82) is 5.26 Å². The van der Waals surface area contributed by atoms with Gasteiger partial charge in [0.05, 0.1) is 17.1 Å². The van der Waals surface area contributed by atoms with E-state index >= 15 is 0 Å². The number of nitrogens with zero attached hydrogens (tertiary/aromatic N) is 3. The molecule has 0 radical (unpaired) electrons. The lowest BCUT2D eigenvalue weighted by Gasteiger charge is -2.18. The van der Waals surface area contributed by atoms with E-state index in [1.165, 1.54) is 37.3 Å². The highest BCUT2D eigenvalue weighted by Crippen LogP contribution is 2.36. The normalized spacial score (nSPS) is 12.0. The molecular formula is C19H15F2N3O4S. The van der Waals surface area contributed by atoms with Crippen molar-refractivity contribution in [2.75, 3.05) is 6.61 Å². The summed E-state index contributed by atoms with van der Waals surface area (Å²) in [7, 11) is -4.54. The predicted molar refractivity (Wildman–Crippen MR) is 98.7 cm³/mol. The fraction of sp³-hybridized carbons (Fsp3) is 0.211. The van der Waals surface area contributed by atoms with Gasteiger partial charge in [-0.2, -0.15) is 14.0 Å². The summed E-state index contributed by atoms with van der Waals surface area (Å²) in [5, 5.41) is 8.99. The summed E-state index contributed by atoms with van der Waals surface area (Å²) >= 11 is 0. The zero-order valence-corrected chi connectivity index (χ0v) is 16.2. The van der Waals surface area contributed by atoms with Gasteiger partial charge in [-0.1, -0.05) is 17.7 Å². The predicted octanol–water partition coefficient (Wildman–Crippen LogP) is 3.11. The second kappa shape index (κ2) is 7.25. The molecule has 3 aromatic rings. The molecule has 0 unspecified atom stereocenters. The van der Waals surface area contributed by atoms with Crippen molar-refractivity contribution in [3.63, 3.8) is 0 Å². The minimum absolute atomic E-state index is 0.0290. The van der Waals surface area contributed by atoms with E-state index in [1.54, 1.807) is 13.0 Å². The van der Waals surface area contributed by atoms with Crippen LogP contribution in [-0.2, 0) is 25.5 Å². The van der Waals surface area contributed by atoms with E-state index in [4.69, 9.17) is 5.26 Å². The SMILES string of the molecule is CCOC(=O)C(F)(F)c1cc2cc(C#N)cnc2n1S(=O)(=O)c1ccc(C)cc1. The van der Waals surface area contributed by atoms with Gasteiger partial charge in [0, 0.05) is 11.6 Å². The van der Waals surface area contributed by atoms with Gasteiger partial charge in [-0.25, -0.2) is 22.2 Å². The molecule has 29 heavy (non-hydrogen) atoms. The summed E-state index contributed by atoms with van der Waals surface area (Å²) in [5.41, 5.74) is -0.624. The summed E-state index contributed by atoms with van der Waals surface area (Å²) in [5.74, 6) is -6.15. The van der Waals surface area contributed by atoms with Gasteiger partial charge < -0.3 is 4.74 Å². The third-order valence-electron chi connectivity index (χ3n) is 4.14. The van der Waals surface area contributed by atoms with E-state index < -0.39 is 27.6 Å². The Labute approximate surface area is 165 Å². The van der Waals surface area contributed by atoms with Crippen LogP contribution in [0, 0.1) is 18.3 Å². The fourth-order valence-corrected chi connectivity index (χ4v) is 4.23. The number of fused-ring (bicyclic) bond motifs is 1. The summed E-state index contributed by atoms with van der Waals surface area (Å²) in [6.45, 7) is 2.79. The van der Waals surface area contributed by atoms with Crippen LogP contribution in [0.25, 0.3) is 11.0 Å². The molecule has 0 aliphatic rings. The summed E-state index contributed by atoms with van der Waals surface area (Å²) in [6, 6.07) is 9.42. The van der Waals surface area contributed by atoms with Gasteiger partial charge in [0.1, 0.15) is 11.8 Å². The molecule has 0 spiro atoms. The van der Waals surface area contributed by atoms with Crippen LogP contribution in [0.15, 0.2) is 47.5 Å². The monoisotopic (exact) mass is 419 g/mol. The Bertz CT molecular complexity index is 1240. The van der Waals surface area contributed by atoms with E-state index in [1.807, 2.05) is 0 Å². The van der Waals surface area contributed by atoms with Crippen molar-refractivity contribution < 1.29 is 26.7 Å². The maximum atomic E-state index is 14.9. The van der Waals surface area contributed by atoms with Crippen LogP contribution in [0.1, 0.15) is 23.7 Å². The highest BCUT2D eigenvalue weighted by Gasteiger charge is 2.48. The average Bonchev–Trinajstić information content (AvgIpc) is 3.08. The number of rotatable bonds is 5. The van der Waals surface area contributed by atoms with Gasteiger partial charge in [-0.05, 0) is 38.1 Å². The Morgan fingerprint density at radius 3 is 2.52 bits per heavy atom. The molecule has 0 atom stereocenters. The van der Waals surface area contributed by atoms with E-state index in [0.29, 0.717) is 3.97 Å². The van der Waals surface area contributed by atoms with Crippen molar-refractivity contribution in [3.05, 3.63) is 59.4 Å². The second-order valence-corrected chi connectivity index (χ2v) is 7.94. The molecule has 2 heterocycles. The largest absolute Gasteiger partial charge is 0.461 e. The van der Waals surface area contributed by atoms with Crippen LogP contribution in [-0.4, -0.2) is 30.0 Å². The number of nitriles is 1. The number of alkyl halides is 2. The smallest absolute Gasteiger partial charge is 0.383 e. The number of esters is 1. The fourth-order valence-electron chi connectivity index (χ4n) is 2.74. The number of benzene rings is 1. The first-order valence-corrected chi connectivity index (χ1v) is 9.86. The Morgan fingerprint density at radius 1 is 1.28 bits per heavy atom. The lowest BCUT2D eigenvalue weighted by atomic mass is 10.2. The van der Waals surface area contributed by atoms with E-state index in [0.717, 1.165) is 17.8 Å². The molecule has 2 aromatic heterocycles. The Balaban J connectivity index is 2.36. The van der Waals surface area contributed by atoms with Crippen LogP contribution < -0.4 is 0 Å². The Kier molecular flexibility index (Phi) is 5.11. The maximum Gasteiger partial charge on any atom is 0.383 e. The number of aromatic nitrogens is 2. The number of carbonyl (C=O) groups excluding carboxylic acids is 1. The number of aryl methyl sites for hydroxylation is 1. The first-order chi connectivity index (χ1) is 13.6. The molecule has 0 N–H and O–H groups in total. The Morgan fingerprint density at radius 2 is 1.93 bits per heavy atom. The molecule has 0 fully saturated rings. The van der Waals surface area contributed by atoms with E-state index in [2.05, 4.69) is 9.72 Å². The lowest BCUT2D eigenvalue weighted by Crippen LogP contribution is -2.32. The van der Waals surface area contributed by atoms with Gasteiger partial charge >= 0.3 is 11.9 Å². The molecule has 0 aliphatic heterocycles. The third kappa shape index (κ3) is 3.45. The Hall–Kier alpha value is -3.32. The van der Waals surface area contributed by atoms with Crippen molar-refractivity contribution in [1.82, 2.24) is 8.96 Å². The molecule has 0 amide bonds. The van der Waals surface area contributed by atoms with Crippen LogP contribution in [0.2, 0.25) is 0 Å². The number of ether oxygens (including phenoxy) is 1. The van der Waals surface area contributed by atoms with E-state index in [-0.39, 0.29) is 28.1 Å². The van der Waals surface area contributed by atoms with Gasteiger partial charge in [0.15, 0.2) is 5.65 Å². The number of halogens is 2. The number of pyridine rings is 1. The molecule has 150 valence electrons. The lowest BCUT2D eigenvalue weighted by molar-refractivity contribution is -0.173.